The van der Waals surface area contributed by atoms with Crippen molar-refractivity contribution in [1.82, 2.24) is 9.97 Å². The molecule has 0 bridgehead atoms. The van der Waals surface area contributed by atoms with E-state index in [9.17, 15) is 18.0 Å². The van der Waals surface area contributed by atoms with E-state index in [0.717, 1.165) is 12.8 Å². The molecule has 1 atom stereocenters. The zero-order valence-corrected chi connectivity index (χ0v) is 22.8. The number of allylic oxidation sites excluding steroid dienone is 2. The molecule has 2 aliphatic carbocycles. The number of halogens is 2. The van der Waals surface area contributed by atoms with Gasteiger partial charge in [-0.05, 0) is 62.4 Å². The van der Waals surface area contributed by atoms with Crippen LogP contribution in [0.25, 0.3) is 0 Å². The lowest BCUT2D eigenvalue weighted by Crippen LogP contribution is -2.40. The first kappa shape index (κ1) is 29.5. The fourth-order valence-electron chi connectivity index (χ4n) is 4.21. The number of hydrogen-bond donors (Lipinski definition) is 3. The Morgan fingerprint density at radius 2 is 1.79 bits per heavy atom. The van der Waals surface area contributed by atoms with Crippen molar-refractivity contribution in [2.75, 3.05) is 10.6 Å². The van der Waals surface area contributed by atoms with Crippen molar-refractivity contribution in [1.29, 1.82) is 0 Å². The van der Waals surface area contributed by atoms with Crippen LogP contribution in [-0.2, 0) is 19.8 Å². The minimum absolute atomic E-state index is 0. The van der Waals surface area contributed by atoms with Gasteiger partial charge in [0.1, 0.15) is 16.8 Å². The molecule has 202 valence electrons. The van der Waals surface area contributed by atoms with Crippen molar-refractivity contribution in [3.8, 4) is 0 Å². The molecule has 4 rings (SSSR count). The molecule has 2 aromatic rings. The number of aromatic nitrogens is 2. The van der Waals surface area contributed by atoms with Crippen molar-refractivity contribution in [2.45, 2.75) is 50.9 Å². The van der Waals surface area contributed by atoms with E-state index in [1.165, 1.54) is 30.6 Å². The van der Waals surface area contributed by atoms with Crippen molar-refractivity contribution in [2.24, 2.45) is 5.73 Å². The number of amides is 2. The zero-order valence-electron chi connectivity index (χ0n) is 20.4. The molecule has 0 aromatic carbocycles. The molecule has 10 nitrogen and oxygen atoms in total. The highest BCUT2D eigenvalue weighted by Crippen LogP contribution is 2.28. The molecule has 2 heterocycles. The molecule has 2 aromatic heterocycles. The molecule has 2 aliphatic rings. The Bertz CT molecular complexity index is 1390. The maximum atomic E-state index is 13.4. The second-order valence-corrected chi connectivity index (χ2v) is 10.1. The average Bonchev–Trinajstić information content (AvgIpc) is 2.87. The molecule has 4 N–H and O–H groups in total. The molecule has 0 aliphatic heterocycles. The highest BCUT2D eigenvalue weighted by atomic mass is 35.5. The van der Waals surface area contributed by atoms with Gasteiger partial charge in [0.2, 0.25) is 10.3 Å². The zero-order chi connectivity index (χ0) is 26.5. The van der Waals surface area contributed by atoms with Crippen LogP contribution in [0.4, 0.5) is 11.5 Å². The summed E-state index contributed by atoms with van der Waals surface area (Å²) < 4.78 is 30.4. The van der Waals surface area contributed by atoms with E-state index in [1.807, 2.05) is 0 Å². The summed E-state index contributed by atoms with van der Waals surface area (Å²) in [5, 5.41) is 5.71. The summed E-state index contributed by atoms with van der Waals surface area (Å²) in [5.41, 5.74) is 6.67. The van der Waals surface area contributed by atoms with Gasteiger partial charge in [-0.2, -0.15) is 8.42 Å². The van der Waals surface area contributed by atoms with Gasteiger partial charge in [0, 0.05) is 18.4 Å². The average molecular weight is 580 g/mol. The number of nitrogens with two attached hydrogens (primary N) is 1. The van der Waals surface area contributed by atoms with Crippen molar-refractivity contribution < 1.29 is 22.7 Å². The highest BCUT2D eigenvalue weighted by Gasteiger charge is 2.34. The molecule has 13 heteroatoms. The standard InChI is InChI=1S/C25H26ClN5O5S.ClH/c1-14-4-10-18(22(23(14)37(34)35)36-17-8-6-16(27)7-9-17)24(32)30-19-3-2-12-28-21(19)25(33)31-20-11-5-15(26)13-29-20;/h2-5,10-13,16-17,22H,6-9,27H2,1H3,(H,30,32)(H,29,31,33);1H/t16-,17+,22?;. The quantitative estimate of drug-likeness (QED) is 0.440. The Kier molecular flexibility index (Phi) is 10.2. The van der Waals surface area contributed by atoms with Crippen LogP contribution in [0, 0.1) is 0 Å². The molecule has 2 amide bonds. The molecule has 38 heavy (non-hydrogen) atoms. The second-order valence-electron chi connectivity index (χ2n) is 8.79. The molecular formula is C25H27Cl2N5O5S. The van der Waals surface area contributed by atoms with Crippen LogP contribution in [0.2, 0.25) is 5.02 Å². The van der Waals surface area contributed by atoms with Gasteiger partial charge >= 0.3 is 0 Å². The summed E-state index contributed by atoms with van der Waals surface area (Å²) in [6.07, 6.45) is 7.41. The van der Waals surface area contributed by atoms with Crippen LogP contribution in [0.5, 0.6) is 0 Å². The number of hydrogen-bond acceptors (Lipinski definition) is 8. The first-order chi connectivity index (χ1) is 17.7. The number of nitrogens with one attached hydrogen (secondary N) is 2. The van der Waals surface area contributed by atoms with E-state index >= 15 is 0 Å². The summed E-state index contributed by atoms with van der Waals surface area (Å²) in [7, 11) is -2.61. The van der Waals surface area contributed by atoms with Gasteiger partial charge in [0.25, 0.3) is 11.8 Å². The molecular weight excluding hydrogens is 553 g/mol. The maximum Gasteiger partial charge on any atom is 0.277 e. The fraction of sp³-hybridized carbons (Fsp3) is 0.320. The fourth-order valence-corrected chi connectivity index (χ4v) is 5.01. The predicted octanol–water partition coefficient (Wildman–Crippen LogP) is 3.34. The summed E-state index contributed by atoms with van der Waals surface area (Å²) in [5.74, 6) is -0.958. The monoisotopic (exact) mass is 579 g/mol. The van der Waals surface area contributed by atoms with Crippen LogP contribution >= 0.6 is 24.0 Å². The van der Waals surface area contributed by atoms with Crippen molar-refractivity contribution in [3.63, 3.8) is 0 Å². The van der Waals surface area contributed by atoms with Gasteiger partial charge in [0.15, 0.2) is 5.69 Å². The van der Waals surface area contributed by atoms with Crippen LogP contribution < -0.4 is 16.4 Å². The topological polar surface area (TPSA) is 153 Å². The molecule has 0 radical (unpaired) electrons. The molecule has 0 spiro atoms. The first-order valence-electron chi connectivity index (χ1n) is 11.7. The highest BCUT2D eigenvalue weighted by molar-refractivity contribution is 7.73. The van der Waals surface area contributed by atoms with Crippen LogP contribution in [-0.4, -0.2) is 53.3 Å². The Morgan fingerprint density at radius 3 is 2.45 bits per heavy atom. The Hall–Kier alpha value is -3.09. The minimum atomic E-state index is -2.61. The van der Waals surface area contributed by atoms with E-state index in [4.69, 9.17) is 22.1 Å². The van der Waals surface area contributed by atoms with Crippen molar-refractivity contribution in [3.05, 3.63) is 70.7 Å². The van der Waals surface area contributed by atoms with Crippen LogP contribution in [0.3, 0.4) is 0 Å². The second kappa shape index (κ2) is 13.1. The SMILES string of the molecule is CC1=CC=C(C(=O)Nc2cccnc2C(=O)Nc2ccc(Cl)cn2)C(O[C@H]2CC[C@@H](N)CC2)C1=S(=O)=O.Cl. The van der Waals surface area contributed by atoms with Gasteiger partial charge in [-0.3, -0.25) is 9.59 Å². The normalized spacial score (nSPS) is 20.9. The summed E-state index contributed by atoms with van der Waals surface area (Å²) in [4.78, 5) is 34.4. The first-order valence-corrected chi connectivity index (χ1v) is 13.1. The number of ether oxygens (including phenoxy) is 1. The minimum Gasteiger partial charge on any atom is -0.364 e. The largest absolute Gasteiger partial charge is 0.364 e. The lowest BCUT2D eigenvalue weighted by Gasteiger charge is -2.32. The summed E-state index contributed by atoms with van der Waals surface area (Å²) in [6, 6.07) is 6.28. The Balaban J connectivity index is 0.00000400. The van der Waals surface area contributed by atoms with E-state index in [1.54, 1.807) is 25.1 Å². The van der Waals surface area contributed by atoms with Gasteiger partial charge in [0.05, 0.1) is 22.4 Å². The molecule has 0 saturated heterocycles. The van der Waals surface area contributed by atoms with E-state index in [-0.39, 0.29) is 52.2 Å². The van der Waals surface area contributed by atoms with Gasteiger partial charge in [-0.25, -0.2) is 9.97 Å². The Morgan fingerprint density at radius 1 is 1.05 bits per heavy atom. The third-order valence-electron chi connectivity index (χ3n) is 6.15. The third kappa shape index (κ3) is 7.06. The van der Waals surface area contributed by atoms with E-state index in [0.29, 0.717) is 23.4 Å². The number of anilines is 2. The van der Waals surface area contributed by atoms with E-state index < -0.39 is 28.2 Å². The van der Waals surface area contributed by atoms with Crippen LogP contribution in [0.15, 0.2) is 60.0 Å². The number of pyridine rings is 2. The van der Waals surface area contributed by atoms with Gasteiger partial charge in [-0.1, -0.05) is 23.8 Å². The van der Waals surface area contributed by atoms with Crippen molar-refractivity contribution >= 4 is 62.5 Å². The lowest BCUT2D eigenvalue weighted by atomic mass is 9.91. The smallest absolute Gasteiger partial charge is 0.277 e. The summed E-state index contributed by atoms with van der Waals surface area (Å²) >= 11 is 5.84. The molecule has 1 saturated carbocycles. The predicted molar refractivity (Wildman–Crippen MR) is 148 cm³/mol. The summed E-state index contributed by atoms with van der Waals surface area (Å²) in [6.45, 7) is 1.65. The lowest BCUT2D eigenvalue weighted by molar-refractivity contribution is -0.114. The van der Waals surface area contributed by atoms with Gasteiger partial charge < -0.3 is 21.1 Å². The molecule has 1 fully saturated rings. The number of carbonyl (C=O) groups is 2. The number of nitrogens with zero attached hydrogens (tertiary/aromatic N) is 2. The maximum absolute atomic E-state index is 13.4. The van der Waals surface area contributed by atoms with E-state index in [2.05, 4.69) is 20.6 Å². The number of carbonyl (C=O) groups excluding carboxylic acids is 2. The Labute approximate surface area is 232 Å². The van der Waals surface area contributed by atoms with Crippen LogP contribution in [0.1, 0.15) is 43.1 Å². The number of rotatable bonds is 6. The third-order valence-corrected chi connectivity index (χ3v) is 7.27. The van der Waals surface area contributed by atoms with Gasteiger partial charge in [-0.15, -0.1) is 12.4 Å². The molecule has 1 unspecified atom stereocenters.